The van der Waals surface area contributed by atoms with Gasteiger partial charge in [-0.3, -0.25) is 4.79 Å². The molecule has 2 aromatic carbocycles. The number of hydrogen-bond acceptors (Lipinski definition) is 6. The number of sulfone groups is 1. The highest BCUT2D eigenvalue weighted by Crippen LogP contribution is 2.40. The van der Waals surface area contributed by atoms with Crippen LogP contribution in [0.3, 0.4) is 0 Å². The molecule has 0 unspecified atom stereocenters. The molecule has 8 heteroatoms. The fourth-order valence-corrected chi connectivity index (χ4v) is 3.08. The summed E-state index contributed by atoms with van der Waals surface area (Å²) in [6.07, 6.45) is 1.11. The number of nitrogens with one attached hydrogen (secondary N) is 1. The molecule has 0 atom stereocenters. The molecular formula is C17H17NO6S. The summed E-state index contributed by atoms with van der Waals surface area (Å²) in [6, 6.07) is 9.16. The van der Waals surface area contributed by atoms with Gasteiger partial charge in [0.15, 0.2) is 21.3 Å². The monoisotopic (exact) mass is 363 g/mol. The van der Waals surface area contributed by atoms with Crippen molar-refractivity contribution in [2.24, 2.45) is 0 Å². The average Bonchev–Trinajstić information content (AvgIpc) is 2.60. The predicted octanol–water partition coefficient (Wildman–Crippen LogP) is 2.12. The Morgan fingerprint density at radius 3 is 2.64 bits per heavy atom. The van der Waals surface area contributed by atoms with Gasteiger partial charge in [0.05, 0.1) is 12.0 Å². The first-order valence-electron chi connectivity index (χ1n) is 7.47. The molecule has 0 saturated carbocycles. The third kappa shape index (κ3) is 3.69. The van der Waals surface area contributed by atoms with Gasteiger partial charge in [0.2, 0.25) is 5.75 Å². The van der Waals surface area contributed by atoms with E-state index in [0.717, 1.165) is 6.26 Å². The van der Waals surface area contributed by atoms with Crippen LogP contribution in [0.1, 0.15) is 10.4 Å². The summed E-state index contributed by atoms with van der Waals surface area (Å²) < 4.78 is 39.5. The van der Waals surface area contributed by atoms with E-state index >= 15 is 0 Å². The Kier molecular flexibility index (Phi) is 4.54. The minimum Gasteiger partial charge on any atom is -0.493 e. The van der Waals surface area contributed by atoms with Gasteiger partial charge in [-0.2, -0.15) is 0 Å². The molecule has 0 bridgehead atoms. The van der Waals surface area contributed by atoms with Crippen molar-refractivity contribution in [3.05, 3.63) is 42.0 Å². The maximum absolute atomic E-state index is 12.5. The first-order chi connectivity index (χ1) is 11.9. The standard InChI is InChI=1S/C17H17NO6S/c1-22-14-8-11(9-15-16(14)24-7-6-23-15)17(19)18-12-4-3-5-13(10-12)25(2,20)21/h3-5,8-10H,6-7H2,1-2H3,(H,18,19). The molecule has 25 heavy (non-hydrogen) atoms. The van der Waals surface area contributed by atoms with Crippen molar-refractivity contribution in [3.8, 4) is 17.2 Å². The second kappa shape index (κ2) is 6.64. The lowest BCUT2D eigenvalue weighted by atomic mass is 10.1. The molecule has 1 heterocycles. The number of ether oxygens (including phenoxy) is 3. The maximum atomic E-state index is 12.5. The number of carbonyl (C=O) groups is 1. The van der Waals surface area contributed by atoms with Crippen molar-refractivity contribution >= 4 is 21.4 Å². The summed E-state index contributed by atoms with van der Waals surface area (Å²) in [4.78, 5) is 12.6. The van der Waals surface area contributed by atoms with E-state index in [4.69, 9.17) is 14.2 Å². The smallest absolute Gasteiger partial charge is 0.255 e. The zero-order valence-electron chi connectivity index (χ0n) is 13.7. The van der Waals surface area contributed by atoms with Gasteiger partial charge in [0.1, 0.15) is 13.2 Å². The minimum absolute atomic E-state index is 0.130. The molecule has 7 nitrogen and oxygen atoms in total. The van der Waals surface area contributed by atoms with Gasteiger partial charge in [-0.25, -0.2) is 8.42 Å². The Bertz CT molecular complexity index is 905. The van der Waals surface area contributed by atoms with Crippen molar-refractivity contribution in [2.45, 2.75) is 4.90 Å². The zero-order chi connectivity index (χ0) is 18.0. The number of carbonyl (C=O) groups excluding carboxylic acids is 1. The Balaban J connectivity index is 1.89. The molecule has 1 N–H and O–H groups in total. The molecule has 0 spiro atoms. The number of anilines is 1. The van der Waals surface area contributed by atoms with Crippen LogP contribution in [-0.2, 0) is 9.84 Å². The van der Waals surface area contributed by atoms with Gasteiger partial charge >= 0.3 is 0 Å². The van der Waals surface area contributed by atoms with E-state index in [-0.39, 0.29) is 4.90 Å². The van der Waals surface area contributed by atoms with Crippen LogP contribution >= 0.6 is 0 Å². The lowest BCUT2D eigenvalue weighted by molar-refractivity contribution is 0.102. The van der Waals surface area contributed by atoms with Crippen LogP contribution < -0.4 is 19.5 Å². The quantitative estimate of drug-likeness (QED) is 0.895. The van der Waals surface area contributed by atoms with Gasteiger partial charge in [-0.15, -0.1) is 0 Å². The van der Waals surface area contributed by atoms with Gasteiger partial charge in [-0.05, 0) is 30.3 Å². The van der Waals surface area contributed by atoms with Crippen molar-refractivity contribution in [2.75, 3.05) is 31.9 Å². The molecule has 0 aliphatic carbocycles. The fourth-order valence-electron chi connectivity index (χ4n) is 2.41. The van der Waals surface area contributed by atoms with Crippen molar-refractivity contribution in [1.82, 2.24) is 0 Å². The van der Waals surface area contributed by atoms with Gasteiger partial charge in [-0.1, -0.05) is 6.07 Å². The van der Waals surface area contributed by atoms with Crippen LogP contribution in [-0.4, -0.2) is 40.9 Å². The van der Waals surface area contributed by atoms with Crippen molar-refractivity contribution < 1.29 is 27.4 Å². The average molecular weight is 363 g/mol. The molecular weight excluding hydrogens is 346 g/mol. The van der Waals surface area contributed by atoms with Crippen molar-refractivity contribution in [1.29, 1.82) is 0 Å². The second-order valence-electron chi connectivity index (χ2n) is 5.46. The van der Waals surface area contributed by atoms with Gasteiger partial charge < -0.3 is 19.5 Å². The number of methoxy groups -OCH3 is 1. The van der Waals surface area contributed by atoms with E-state index in [1.54, 1.807) is 24.3 Å². The Hall–Kier alpha value is -2.74. The van der Waals surface area contributed by atoms with E-state index in [0.29, 0.717) is 41.7 Å². The third-order valence-corrected chi connectivity index (χ3v) is 4.72. The van der Waals surface area contributed by atoms with E-state index in [1.807, 2.05) is 0 Å². The summed E-state index contributed by atoms with van der Waals surface area (Å²) in [7, 11) is -1.88. The highest BCUT2D eigenvalue weighted by Gasteiger charge is 2.21. The summed E-state index contributed by atoms with van der Waals surface area (Å²) in [5.41, 5.74) is 0.688. The molecule has 1 amide bonds. The molecule has 0 radical (unpaired) electrons. The Morgan fingerprint density at radius 1 is 1.16 bits per heavy atom. The van der Waals surface area contributed by atoms with Crippen LogP contribution in [0.2, 0.25) is 0 Å². The summed E-state index contributed by atoms with van der Waals surface area (Å²) >= 11 is 0. The first kappa shape index (κ1) is 17.1. The number of rotatable bonds is 4. The molecule has 0 saturated heterocycles. The predicted molar refractivity (Wildman–Crippen MR) is 91.5 cm³/mol. The summed E-state index contributed by atoms with van der Waals surface area (Å²) in [6.45, 7) is 0.796. The van der Waals surface area contributed by atoms with Crippen LogP contribution in [0.25, 0.3) is 0 Å². The van der Waals surface area contributed by atoms with Crippen LogP contribution in [0.4, 0.5) is 5.69 Å². The van der Waals surface area contributed by atoms with Gasteiger partial charge in [0.25, 0.3) is 5.91 Å². The van der Waals surface area contributed by atoms with E-state index in [9.17, 15) is 13.2 Å². The Morgan fingerprint density at radius 2 is 1.92 bits per heavy atom. The Labute approximate surface area is 145 Å². The highest BCUT2D eigenvalue weighted by molar-refractivity contribution is 7.90. The molecule has 1 aliphatic heterocycles. The maximum Gasteiger partial charge on any atom is 0.255 e. The van der Waals surface area contributed by atoms with Crippen LogP contribution in [0.5, 0.6) is 17.2 Å². The largest absolute Gasteiger partial charge is 0.493 e. The minimum atomic E-state index is -3.36. The first-order valence-corrected chi connectivity index (χ1v) is 9.37. The third-order valence-electron chi connectivity index (χ3n) is 3.61. The zero-order valence-corrected chi connectivity index (χ0v) is 14.6. The normalized spacial score (nSPS) is 13.2. The molecule has 132 valence electrons. The number of hydrogen-bond donors (Lipinski definition) is 1. The topological polar surface area (TPSA) is 90.9 Å². The van der Waals surface area contributed by atoms with Gasteiger partial charge in [0, 0.05) is 17.5 Å². The lowest BCUT2D eigenvalue weighted by Gasteiger charge is -2.21. The van der Waals surface area contributed by atoms with Crippen LogP contribution in [0, 0.1) is 0 Å². The van der Waals surface area contributed by atoms with Crippen molar-refractivity contribution in [3.63, 3.8) is 0 Å². The molecule has 3 rings (SSSR count). The number of benzene rings is 2. The highest BCUT2D eigenvalue weighted by atomic mass is 32.2. The summed E-state index contributed by atoms with van der Waals surface area (Å²) in [5, 5.41) is 2.67. The molecule has 0 aromatic heterocycles. The number of amides is 1. The summed E-state index contributed by atoms with van der Waals surface area (Å²) in [5.74, 6) is 0.873. The fraction of sp³-hybridized carbons (Fsp3) is 0.235. The van der Waals surface area contributed by atoms with E-state index in [1.165, 1.54) is 19.2 Å². The molecule has 2 aromatic rings. The molecule has 1 aliphatic rings. The van der Waals surface area contributed by atoms with E-state index in [2.05, 4.69) is 5.32 Å². The number of fused-ring (bicyclic) bond motifs is 1. The SMILES string of the molecule is COc1cc(C(=O)Nc2cccc(S(C)(=O)=O)c2)cc2c1OCCO2. The van der Waals surface area contributed by atoms with Crippen LogP contribution in [0.15, 0.2) is 41.3 Å². The lowest BCUT2D eigenvalue weighted by Crippen LogP contribution is -2.18. The van der Waals surface area contributed by atoms with E-state index < -0.39 is 15.7 Å². The molecule has 0 fully saturated rings. The second-order valence-corrected chi connectivity index (χ2v) is 7.47.